The molecule has 6 heteroatoms. The van der Waals surface area contributed by atoms with E-state index in [9.17, 15) is 8.78 Å². The Balaban J connectivity index is 2.01. The number of hydrogen-bond acceptors (Lipinski definition) is 4. The Kier molecular flexibility index (Phi) is 4.11. The zero-order valence-corrected chi connectivity index (χ0v) is 10.5. The number of nitrogens with zero attached hydrogens (tertiary/aromatic N) is 2. The van der Waals surface area contributed by atoms with Gasteiger partial charge in [-0.05, 0) is 30.2 Å². The molecule has 0 bridgehead atoms. The molecule has 0 amide bonds. The molecule has 4 nitrogen and oxygen atoms in total. The molecule has 0 spiro atoms. The van der Waals surface area contributed by atoms with Crippen LogP contribution in [0.1, 0.15) is 11.1 Å². The van der Waals surface area contributed by atoms with E-state index in [1.807, 2.05) is 6.07 Å². The quantitative estimate of drug-likeness (QED) is 0.898. The second kappa shape index (κ2) is 5.97. The summed E-state index contributed by atoms with van der Waals surface area (Å²) >= 11 is 0. The normalized spacial score (nSPS) is 10.1. The molecule has 1 heterocycles. The molecular weight excluding hydrogens is 262 g/mol. The molecule has 102 valence electrons. The molecular formula is C14H12F2N4. The van der Waals surface area contributed by atoms with Crippen LogP contribution in [0.15, 0.2) is 30.5 Å². The van der Waals surface area contributed by atoms with E-state index >= 15 is 0 Å². The molecule has 0 radical (unpaired) electrons. The summed E-state index contributed by atoms with van der Waals surface area (Å²) < 4.78 is 26.0. The average Bonchev–Trinajstić information content (AvgIpc) is 2.39. The summed E-state index contributed by atoms with van der Waals surface area (Å²) in [6.45, 7) is 0.398. The molecule has 0 unspecified atom stereocenters. The molecule has 20 heavy (non-hydrogen) atoms. The van der Waals surface area contributed by atoms with E-state index < -0.39 is 11.6 Å². The third-order valence-corrected chi connectivity index (χ3v) is 2.74. The van der Waals surface area contributed by atoms with E-state index in [0.717, 1.165) is 6.07 Å². The van der Waals surface area contributed by atoms with Crippen LogP contribution >= 0.6 is 0 Å². The highest BCUT2D eigenvalue weighted by molar-refractivity contribution is 5.68. The molecule has 0 saturated heterocycles. The second-order valence-electron chi connectivity index (χ2n) is 4.19. The maximum atomic E-state index is 13.0. The Morgan fingerprint density at radius 2 is 1.95 bits per heavy atom. The van der Waals surface area contributed by atoms with Crippen LogP contribution in [0, 0.1) is 23.0 Å². The number of anilines is 2. The molecule has 0 aliphatic rings. The Bertz CT molecular complexity index is 644. The van der Waals surface area contributed by atoms with Crippen LogP contribution < -0.4 is 11.1 Å². The molecule has 0 aliphatic carbocycles. The first-order valence-electron chi connectivity index (χ1n) is 5.93. The Hall–Kier alpha value is -2.68. The summed E-state index contributed by atoms with van der Waals surface area (Å²) in [7, 11) is 0. The number of benzene rings is 1. The topological polar surface area (TPSA) is 74.7 Å². The van der Waals surface area contributed by atoms with Crippen molar-refractivity contribution >= 4 is 11.5 Å². The molecule has 1 aromatic heterocycles. The third kappa shape index (κ3) is 3.20. The van der Waals surface area contributed by atoms with E-state index in [0.29, 0.717) is 29.9 Å². The SMILES string of the molecule is N#Cc1ccnc(NCCc2cc(F)cc(F)c2)c1N. The van der Waals surface area contributed by atoms with E-state index in [-0.39, 0.29) is 5.69 Å². The van der Waals surface area contributed by atoms with Crippen LogP contribution in [0.4, 0.5) is 20.3 Å². The van der Waals surface area contributed by atoms with E-state index in [1.54, 1.807) is 0 Å². The van der Waals surface area contributed by atoms with Crippen LogP contribution in [0.5, 0.6) is 0 Å². The number of nitrogen functional groups attached to an aromatic ring is 1. The lowest BCUT2D eigenvalue weighted by molar-refractivity contribution is 0.580. The van der Waals surface area contributed by atoms with Gasteiger partial charge >= 0.3 is 0 Å². The standard InChI is InChI=1S/C14H12F2N4/c15-11-5-9(6-12(16)7-11)1-3-19-14-13(18)10(8-17)2-4-20-14/h2,4-7H,1,3,18H2,(H,19,20). The van der Waals surface area contributed by atoms with Gasteiger partial charge in [-0.25, -0.2) is 13.8 Å². The van der Waals surface area contributed by atoms with Gasteiger partial charge in [0.2, 0.25) is 0 Å². The minimum Gasteiger partial charge on any atom is -0.395 e. The minimum absolute atomic E-state index is 0.264. The lowest BCUT2D eigenvalue weighted by Gasteiger charge is -2.09. The summed E-state index contributed by atoms with van der Waals surface area (Å²) in [5.41, 5.74) is 6.88. The zero-order valence-electron chi connectivity index (χ0n) is 10.5. The van der Waals surface area contributed by atoms with Crippen molar-refractivity contribution in [2.75, 3.05) is 17.6 Å². The van der Waals surface area contributed by atoms with Gasteiger partial charge in [0, 0.05) is 18.8 Å². The van der Waals surface area contributed by atoms with Crippen molar-refractivity contribution in [3.8, 4) is 6.07 Å². The molecule has 0 fully saturated rings. The zero-order chi connectivity index (χ0) is 14.5. The lowest BCUT2D eigenvalue weighted by Crippen LogP contribution is -2.09. The van der Waals surface area contributed by atoms with Crippen LogP contribution in [0.25, 0.3) is 0 Å². The summed E-state index contributed by atoms with van der Waals surface area (Å²) in [6.07, 6.45) is 1.88. The number of nitriles is 1. The van der Waals surface area contributed by atoms with Gasteiger partial charge in [-0.1, -0.05) is 0 Å². The minimum atomic E-state index is -0.607. The molecule has 0 aliphatic heterocycles. The van der Waals surface area contributed by atoms with Crippen molar-refractivity contribution in [3.05, 3.63) is 53.2 Å². The van der Waals surface area contributed by atoms with Crippen LogP contribution in [0.3, 0.4) is 0 Å². The number of nitrogens with one attached hydrogen (secondary N) is 1. The Morgan fingerprint density at radius 1 is 1.25 bits per heavy atom. The largest absolute Gasteiger partial charge is 0.395 e. The van der Waals surface area contributed by atoms with Crippen molar-refractivity contribution in [3.63, 3.8) is 0 Å². The summed E-state index contributed by atoms with van der Waals surface area (Å²) in [4.78, 5) is 4.02. The molecule has 0 saturated carbocycles. The molecule has 2 rings (SSSR count). The number of halogens is 2. The van der Waals surface area contributed by atoms with Gasteiger partial charge in [0.05, 0.1) is 11.3 Å². The van der Waals surface area contributed by atoms with Gasteiger partial charge in [0.25, 0.3) is 0 Å². The second-order valence-corrected chi connectivity index (χ2v) is 4.19. The van der Waals surface area contributed by atoms with Gasteiger partial charge in [0.15, 0.2) is 5.82 Å². The fourth-order valence-electron chi connectivity index (χ4n) is 1.79. The molecule has 1 aromatic carbocycles. The smallest absolute Gasteiger partial charge is 0.150 e. The maximum absolute atomic E-state index is 13.0. The highest BCUT2D eigenvalue weighted by Gasteiger charge is 2.06. The predicted molar refractivity (Wildman–Crippen MR) is 71.9 cm³/mol. The van der Waals surface area contributed by atoms with Crippen molar-refractivity contribution in [1.82, 2.24) is 4.98 Å². The fraction of sp³-hybridized carbons (Fsp3) is 0.143. The number of hydrogen-bond donors (Lipinski definition) is 2. The monoisotopic (exact) mass is 274 g/mol. The first-order chi connectivity index (χ1) is 9.60. The van der Waals surface area contributed by atoms with Crippen molar-refractivity contribution < 1.29 is 8.78 Å². The molecule has 2 aromatic rings. The number of aromatic nitrogens is 1. The lowest BCUT2D eigenvalue weighted by atomic mass is 10.1. The highest BCUT2D eigenvalue weighted by Crippen LogP contribution is 2.19. The van der Waals surface area contributed by atoms with Gasteiger partial charge in [-0.3, -0.25) is 0 Å². The molecule has 3 N–H and O–H groups in total. The summed E-state index contributed by atoms with van der Waals surface area (Å²) in [5, 5.41) is 11.8. The van der Waals surface area contributed by atoms with Gasteiger partial charge in [0.1, 0.15) is 17.7 Å². The highest BCUT2D eigenvalue weighted by atomic mass is 19.1. The van der Waals surface area contributed by atoms with Crippen molar-refractivity contribution in [1.29, 1.82) is 5.26 Å². The summed E-state index contributed by atoms with van der Waals surface area (Å²) in [5.74, 6) is -0.825. The predicted octanol–water partition coefficient (Wildman–Crippen LogP) is 2.47. The number of pyridine rings is 1. The van der Waals surface area contributed by atoms with E-state index in [4.69, 9.17) is 11.0 Å². The van der Waals surface area contributed by atoms with Gasteiger partial charge < -0.3 is 11.1 Å². The average molecular weight is 274 g/mol. The fourth-order valence-corrected chi connectivity index (χ4v) is 1.79. The maximum Gasteiger partial charge on any atom is 0.150 e. The Labute approximate surface area is 114 Å². The van der Waals surface area contributed by atoms with E-state index in [2.05, 4.69) is 10.3 Å². The molecule has 0 atom stereocenters. The van der Waals surface area contributed by atoms with E-state index in [1.165, 1.54) is 24.4 Å². The first kappa shape index (κ1) is 13.7. The number of nitrogens with two attached hydrogens (primary N) is 1. The number of rotatable bonds is 4. The van der Waals surface area contributed by atoms with Crippen molar-refractivity contribution in [2.24, 2.45) is 0 Å². The van der Waals surface area contributed by atoms with Crippen LogP contribution in [-0.4, -0.2) is 11.5 Å². The van der Waals surface area contributed by atoms with Gasteiger partial charge in [-0.2, -0.15) is 5.26 Å². The Morgan fingerprint density at radius 3 is 2.60 bits per heavy atom. The van der Waals surface area contributed by atoms with Gasteiger partial charge in [-0.15, -0.1) is 0 Å². The van der Waals surface area contributed by atoms with Crippen LogP contribution in [-0.2, 0) is 6.42 Å². The van der Waals surface area contributed by atoms with Crippen LogP contribution in [0.2, 0.25) is 0 Å². The summed E-state index contributed by atoms with van der Waals surface area (Å²) in [6, 6.07) is 6.84. The first-order valence-corrected chi connectivity index (χ1v) is 5.93. The third-order valence-electron chi connectivity index (χ3n) is 2.74. The van der Waals surface area contributed by atoms with Crippen molar-refractivity contribution in [2.45, 2.75) is 6.42 Å².